The van der Waals surface area contributed by atoms with Gasteiger partial charge in [-0.2, -0.15) is 0 Å². The van der Waals surface area contributed by atoms with Gasteiger partial charge in [0.1, 0.15) is 5.75 Å². The highest BCUT2D eigenvalue weighted by Gasteiger charge is 2.17. The predicted molar refractivity (Wildman–Crippen MR) is 115 cm³/mol. The molecule has 1 heterocycles. The van der Waals surface area contributed by atoms with Crippen molar-refractivity contribution in [1.29, 1.82) is 0 Å². The first-order valence-corrected chi connectivity index (χ1v) is 9.72. The molecule has 3 amide bonds. The van der Waals surface area contributed by atoms with E-state index in [1.54, 1.807) is 11.8 Å². The lowest BCUT2D eigenvalue weighted by Crippen LogP contribution is -2.38. The molecule has 2 aromatic carbocycles. The summed E-state index contributed by atoms with van der Waals surface area (Å²) in [5.41, 5.74) is 10.5. The Bertz CT molecular complexity index is 935. The molecule has 0 aromatic heterocycles. The summed E-state index contributed by atoms with van der Waals surface area (Å²) in [5, 5.41) is 2.92. The first-order chi connectivity index (χ1) is 13.8. The van der Waals surface area contributed by atoms with Gasteiger partial charge in [0, 0.05) is 18.8 Å². The standard InChI is InChI=1S/C23H27N3O3/c1-15-4-9-21(16(2)14-15)25-22(27)17(3)29-20-7-5-18(6-8-20)19-10-12-26(13-11-19)23(24)28/h4-10,14,17H,11-13H2,1-3H3,(H2,24,28)(H,25,27)/t17-/m0/s1. The highest BCUT2D eigenvalue weighted by Crippen LogP contribution is 2.25. The van der Waals surface area contributed by atoms with E-state index < -0.39 is 12.1 Å². The Morgan fingerprint density at radius 3 is 2.45 bits per heavy atom. The molecule has 2 aromatic rings. The number of carbonyl (C=O) groups excluding carboxylic acids is 2. The molecule has 0 saturated heterocycles. The van der Waals surface area contributed by atoms with Crippen molar-refractivity contribution in [3.63, 3.8) is 0 Å². The molecule has 0 unspecified atom stereocenters. The molecular weight excluding hydrogens is 366 g/mol. The second kappa shape index (κ2) is 8.82. The van der Waals surface area contributed by atoms with E-state index in [1.165, 1.54) is 5.57 Å². The van der Waals surface area contributed by atoms with Crippen LogP contribution >= 0.6 is 0 Å². The number of rotatable bonds is 5. The summed E-state index contributed by atoms with van der Waals surface area (Å²) in [4.78, 5) is 25.3. The van der Waals surface area contributed by atoms with Crippen LogP contribution in [-0.2, 0) is 4.79 Å². The van der Waals surface area contributed by atoms with E-state index in [1.807, 2.05) is 62.4 Å². The van der Waals surface area contributed by atoms with Crippen LogP contribution in [0.15, 0.2) is 48.5 Å². The minimum Gasteiger partial charge on any atom is -0.481 e. The Morgan fingerprint density at radius 2 is 1.86 bits per heavy atom. The number of hydrogen-bond donors (Lipinski definition) is 2. The number of nitrogens with two attached hydrogens (primary N) is 1. The number of hydrogen-bond acceptors (Lipinski definition) is 3. The third kappa shape index (κ3) is 5.16. The summed E-state index contributed by atoms with van der Waals surface area (Å²) in [5.74, 6) is 0.440. The number of ether oxygens (including phenoxy) is 1. The monoisotopic (exact) mass is 393 g/mol. The maximum atomic E-state index is 12.5. The van der Waals surface area contributed by atoms with Gasteiger partial charge in [-0.3, -0.25) is 4.79 Å². The molecule has 1 aliphatic rings. The maximum absolute atomic E-state index is 12.5. The van der Waals surface area contributed by atoms with E-state index in [0.717, 1.165) is 28.8 Å². The number of nitrogens with one attached hydrogen (secondary N) is 1. The predicted octanol–water partition coefficient (Wildman–Crippen LogP) is 3.88. The van der Waals surface area contributed by atoms with E-state index in [4.69, 9.17) is 10.5 Å². The lowest BCUT2D eigenvalue weighted by atomic mass is 9.99. The van der Waals surface area contributed by atoms with Gasteiger partial charge < -0.3 is 20.7 Å². The molecule has 0 bridgehead atoms. The van der Waals surface area contributed by atoms with E-state index in [0.29, 0.717) is 18.8 Å². The number of benzene rings is 2. The van der Waals surface area contributed by atoms with Crippen LogP contribution in [0.5, 0.6) is 5.75 Å². The van der Waals surface area contributed by atoms with Crippen molar-refractivity contribution in [2.45, 2.75) is 33.3 Å². The number of urea groups is 1. The molecule has 0 aliphatic carbocycles. The van der Waals surface area contributed by atoms with Gasteiger partial charge in [0.2, 0.25) is 0 Å². The second-order valence-electron chi connectivity index (χ2n) is 7.36. The third-order valence-corrected chi connectivity index (χ3v) is 5.07. The van der Waals surface area contributed by atoms with Crippen LogP contribution in [0, 0.1) is 13.8 Å². The highest BCUT2D eigenvalue weighted by atomic mass is 16.5. The summed E-state index contributed by atoms with van der Waals surface area (Å²) in [6, 6.07) is 13.2. The fraction of sp³-hybridized carbons (Fsp3) is 0.304. The molecular formula is C23H27N3O3. The molecule has 1 atom stereocenters. The minimum atomic E-state index is -0.625. The lowest BCUT2D eigenvalue weighted by Gasteiger charge is -2.25. The fourth-order valence-electron chi connectivity index (χ4n) is 3.32. The van der Waals surface area contributed by atoms with Crippen molar-refractivity contribution in [2.75, 3.05) is 18.4 Å². The highest BCUT2D eigenvalue weighted by molar-refractivity contribution is 5.94. The van der Waals surface area contributed by atoms with E-state index in [9.17, 15) is 9.59 Å². The van der Waals surface area contributed by atoms with E-state index in [-0.39, 0.29) is 5.91 Å². The molecule has 152 valence electrons. The molecule has 3 N–H and O–H groups in total. The van der Waals surface area contributed by atoms with Crippen LogP contribution in [-0.4, -0.2) is 36.0 Å². The third-order valence-electron chi connectivity index (χ3n) is 5.07. The maximum Gasteiger partial charge on any atom is 0.315 e. The van der Waals surface area contributed by atoms with Crippen molar-refractivity contribution in [1.82, 2.24) is 4.90 Å². The van der Waals surface area contributed by atoms with Gasteiger partial charge >= 0.3 is 6.03 Å². The van der Waals surface area contributed by atoms with Crippen LogP contribution in [0.25, 0.3) is 5.57 Å². The summed E-state index contributed by atoms with van der Waals surface area (Å²) in [7, 11) is 0. The van der Waals surface area contributed by atoms with Crippen molar-refractivity contribution in [3.8, 4) is 5.75 Å². The second-order valence-corrected chi connectivity index (χ2v) is 7.36. The molecule has 3 rings (SSSR count). The van der Waals surface area contributed by atoms with Crippen LogP contribution < -0.4 is 15.8 Å². The Morgan fingerprint density at radius 1 is 1.14 bits per heavy atom. The summed E-state index contributed by atoms with van der Waals surface area (Å²) in [6.07, 6.45) is 2.15. The molecule has 6 heteroatoms. The molecule has 29 heavy (non-hydrogen) atoms. The minimum absolute atomic E-state index is 0.192. The van der Waals surface area contributed by atoms with Gasteiger partial charge in [0.05, 0.1) is 0 Å². The molecule has 6 nitrogen and oxygen atoms in total. The zero-order chi connectivity index (χ0) is 21.0. The molecule has 0 saturated carbocycles. The van der Waals surface area contributed by atoms with Gasteiger partial charge in [-0.1, -0.05) is 35.9 Å². The number of amides is 3. The topological polar surface area (TPSA) is 84.7 Å². The van der Waals surface area contributed by atoms with Crippen LogP contribution in [0.3, 0.4) is 0 Å². The van der Waals surface area contributed by atoms with Crippen LogP contribution in [0.2, 0.25) is 0 Å². The van der Waals surface area contributed by atoms with Crippen molar-refractivity contribution < 1.29 is 14.3 Å². The van der Waals surface area contributed by atoms with E-state index in [2.05, 4.69) is 5.32 Å². The number of anilines is 1. The molecule has 1 aliphatic heterocycles. The first-order valence-electron chi connectivity index (χ1n) is 9.72. The number of primary amides is 1. The zero-order valence-corrected chi connectivity index (χ0v) is 17.1. The van der Waals surface area contributed by atoms with Crippen molar-refractivity contribution in [3.05, 3.63) is 65.2 Å². The molecule has 0 radical (unpaired) electrons. The number of carbonyl (C=O) groups is 2. The Kier molecular flexibility index (Phi) is 6.22. The van der Waals surface area contributed by atoms with Crippen LogP contribution in [0.4, 0.5) is 10.5 Å². The fourth-order valence-corrected chi connectivity index (χ4v) is 3.32. The summed E-state index contributed by atoms with van der Waals surface area (Å²) in [6.45, 7) is 6.86. The van der Waals surface area contributed by atoms with Crippen LogP contribution in [0.1, 0.15) is 30.0 Å². The smallest absolute Gasteiger partial charge is 0.315 e. The summed E-state index contributed by atoms with van der Waals surface area (Å²) >= 11 is 0. The quantitative estimate of drug-likeness (QED) is 0.808. The summed E-state index contributed by atoms with van der Waals surface area (Å²) < 4.78 is 5.80. The van der Waals surface area contributed by atoms with E-state index >= 15 is 0 Å². The Hall–Kier alpha value is -3.28. The lowest BCUT2D eigenvalue weighted by molar-refractivity contribution is -0.122. The first kappa shape index (κ1) is 20.5. The molecule has 0 fully saturated rings. The van der Waals surface area contributed by atoms with Gasteiger partial charge in [-0.05, 0) is 62.1 Å². The van der Waals surface area contributed by atoms with Gasteiger partial charge in [0.15, 0.2) is 6.10 Å². The van der Waals surface area contributed by atoms with Gasteiger partial charge in [0.25, 0.3) is 5.91 Å². The zero-order valence-electron chi connectivity index (χ0n) is 17.1. The normalized spacial score (nSPS) is 14.7. The molecule has 0 spiro atoms. The average Bonchev–Trinajstić information content (AvgIpc) is 2.70. The number of aryl methyl sites for hydroxylation is 2. The Labute approximate surface area is 171 Å². The Balaban J connectivity index is 1.59. The SMILES string of the molecule is Cc1ccc(NC(=O)[C@H](C)Oc2ccc(C3=CCN(C(N)=O)CC3)cc2)c(C)c1. The van der Waals surface area contributed by atoms with Crippen molar-refractivity contribution in [2.24, 2.45) is 5.73 Å². The van der Waals surface area contributed by atoms with Crippen molar-refractivity contribution >= 4 is 23.2 Å². The largest absolute Gasteiger partial charge is 0.481 e. The van der Waals surface area contributed by atoms with Gasteiger partial charge in [-0.15, -0.1) is 0 Å². The number of nitrogens with zero attached hydrogens (tertiary/aromatic N) is 1. The van der Waals surface area contributed by atoms with Gasteiger partial charge in [-0.25, -0.2) is 4.79 Å². The average molecular weight is 393 g/mol.